The SMILES string of the molecule is COc1ccc2c(c1)nc(-c1cncc(F)c1)n2C. The zero-order valence-corrected chi connectivity index (χ0v) is 10.6. The van der Waals surface area contributed by atoms with Crippen LogP contribution in [0.3, 0.4) is 0 Å². The highest BCUT2D eigenvalue weighted by Gasteiger charge is 2.11. The van der Waals surface area contributed by atoms with Crippen LogP contribution in [0.15, 0.2) is 36.7 Å². The minimum absolute atomic E-state index is 0.373. The van der Waals surface area contributed by atoms with Gasteiger partial charge >= 0.3 is 0 Å². The van der Waals surface area contributed by atoms with Gasteiger partial charge in [0, 0.05) is 24.9 Å². The van der Waals surface area contributed by atoms with Crippen LogP contribution in [-0.4, -0.2) is 21.6 Å². The Bertz CT molecular complexity index is 752. The highest BCUT2D eigenvalue weighted by atomic mass is 19.1. The first-order chi connectivity index (χ1) is 9.19. The average molecular weight is 257 g/mol. The molecule has 0 saturated carbocycles. The third kappa shape index (κ3) is 1.93. The molecular weight excluding hydrogens is 245 g/mol. The Labute approximate surface area is 109 Å². The maximum absolute atomic E-state index is 13.2. The summed E-state index contributed by atoms with van der Waals surface area (Å²) in [5.41, 5.74) is 2.42. The zero-order chi connectivity index (χ0) is 13.4. The number of benzene rings is 1. The van der Waals surface area contributed by atoms with Gasteiger partial charge in [0.05, 0.1) is 24.3 Å². The van der Waals surface area contributed by atoms with Gasteiger partial charge in [-0.2, -0.15) is 0 Å². The second-order valence-electron chi connectivity index (χ2n) is 4.24. The fraction of sp³-hybridized carbons (Fsp3) is 0.143. The molecule has 0 aliphatic carbocycles. The molecule has 0 unspecified atom stereocenters. The molecule has 3 rings (SSSR count). The molecule has 2 heterocycles. The van der Waals surface area contributed by atoms with Gasteiger partial charge in [0.2, 0.25) is 0 Å². The Kier molecular flexibility index (Phi) is 2.67. The molecule has 2 aromatic heterocycles. The molecule has 0 aliphatic rings. The molecule has 0 saturated heterocycles. The zero-order valence-electron chi connectivity index (χ0n) is 10.6. The molecule has 0 amide bonds. The van der Waals surface area contributed by atoms with E-state index in [1.165, 1.54) is 12.3 Å². The molecule has 0 aliphatic heterocycles. The van der Waals surface area contributed by atoms with Crippen molar-refractivity contribution in [3.8, 4) is 17.1 Å². The van der Waals surface area contributed by atoms with E-state index in [0.29, 0.717) is 11.4 Å². The number of fused-ring (bicyclic) bond motifs is 1. The van der Waals surface area contributed by atoms with E-state index in [0.717, 1.165) is 16.8 Å². The summed E-state index contributed by atoms with van der Waals surface area (Å²) in [7, 11) is 3.50. The van der Waals surface area contributed by atoms with Crippen molar-refractivity contribution in [1.82, 2.24) is 14.5 Å². The molecule has 0 N–H and O–H groups in total. The number of nitrogens with zero attached hydrogens (tertiary/aromatic N) is 3. The van der Waals surface area contributed by atoms with Gasteiger partial charge in [-0.3, -0.25) is 4.98 Å². The molecule has 96 valence electrons. The van der Waals surface area contributed by atoms with Crippen molar-refractivity contribution in [2.45, 2.75) is 0 Å². The first-order valence-corrected chi connectivity index (χ1v) is 5.80. The number of hydrogen-bond donors (Lipinski definition) is 0. The van der Waals surface area contributed by atoms with Gasteiger partial charge in [-0.25, -0.2) is 9.37 Å². The number of halogens is 1. The molecule has 3 aromatic rings. The number of aromatic nitrogens is 3. The predicted octanol–water partition coefficient (Wildman–Crippen LogP) is 2.78. The number of aryl methyl sites for hydroxylation is 1. The number of hydrogen-bond acceptors (Lipinski definition) is 3. The fourth-order valence-electron chi connectivity index (χ4n) is 2.10. The van der Waals surface area contributed by atoms with E-state index >= 15 is 0 Å². The van der Waals surface area contributed by atoms with E-state index in [9.17, 15) is 4.39 Å². The third-order valence-electron chi connectivity index (χ3n) is 3.05. The first-order valence-electron chi connectivity index (χ1n) is 5.80. The fourth-order valence-corrected chi connectivity index (χ4v) is 2.10. The summed E-state index contributed by atoms with van der Waals surface area (Å²) in [5.74, 6) is 1.05. The number of methoxy groups -OCH3 is 1. The standard InChI is InChI=1S/C14H12FN3O/c1-18-13-4-3-11(19-2)6-12(13)17-14(18)9-5-10(15)8-16-7-9/h3-8H,1-2H3. The number of imidazole rings is 1. The molecule has 0 bridgehead atoms. The second-order valence-corrected chi connectivity index (χ2v) is 4.24. The summed E-state index contributed by atoms with van der Waals surface area (Å²) >= 11 is 0. The van der Waals surface area contributed by atoms with Crippen molar-refractivity contribution in [1.29, 1.82) is 0 Å². The van der Waals surface area contributed by atoms with E-state index in [1.807, 2.05) is 29.8 Å². The largest absolute Gasteiger partial charge is 0.497 e. The monoisotopic (exact) mass is 257 g/mol. The van der Waals surface area contributed by atoms with Crippen LogP contribution in [0.4, 0.5) is 4.39 Å². The van der Waals surface area contributed by atoms with Gasteiger partial charge in [0.25, 0.3) is 0 Å². The maximum Gasteiger partial charge on any atom is 0.142 e. The maximum atomic E-state index is 13.2. The van der Waals surface area contributed by atoms with Crippen molar-refractivity contribution < 1.29 is 9.13 Å². The summed E-state index contributed by atoms with van der Waals surface area (Å²) in [6, 6.07) is 7.08. The van der Waals surface area contributed by atoms with Gasteiger partial charge in [-0.1, -0.05) is 0 Å². The lowest BCUT2D eigenvalue weighted by molar-refractivity contribution is 0.415. The van der Waals surface area contributed by atoms with Crippen LogP contribution in [0.2, 0.25) is 0 Å². The first kappa shape index (κ1) is 11.6. The molecule has 4 nitrogen and oxygen atoms in total. The normalized spacial score (nSPS) is 10.9. The van der Waals surface area contributed by atoms with Gasteiger partial charge in [0.15, 0.2) is 0 Å². The van der Waals surface area contributed by atoms with Crippen molar-refractivity contribution in [2.75, 3.05) is 7.11 Å². The minimum atomic E-state index is -0.373. The number of rotatable bonds is 2. The van der Waals surface area contributed by atoms with Crippen LogP contribution in [0.1, 0.15) is 0 Å². The summed E-state index contributed by atoms with van der Waals surface area (Å²) in [6.07, 6.45) is 2.77. The number of pyridine rings is 1. The lowest BCUT2D eigenvalue weighted by atomic mass is 10.2. The van der Waals surface area contributed by atoms with Crippen molar-refractivity contribution in [2.24, 2.45) is 7.05 Å². The van der Waals surface area contributed by atoms with E-state index in [1.54, 1.807) is 13.3 Å². The summed E-state index contributed by atoms with van der Waals surface area (Å²) in [4.78, 5) is 8.36. The van der Waals surface area contributed by atoms with Gasteiger partial charge in [-0.15, -0.1) is 0 Å². The van der Waals surface area contributed by atoms with Crippen molar-refractivity contribution >= 4 is 11.0 Å². The van der Waals surface area contributed by atoms with Crippen LogP contribution in [0, 0.1) is 5.82 Å². The second kappa shape index (κ2) is 4.35. The van der Waals surface area contributed by atoms with Gasteiger partial charge < -0.3 is 9.30 Å². The lowest BCUT2D eigenvalue weighted by Crippen LogP contribution is -1.93. The van der Waals surface area contributed by atoms with E-state index in [4.69, 9.17) is 4.74 Å². The molecule has 0 fully saturated rings. The van der Waals surface area contributed by atoms with E-state index in [2.05, 4.69) is 9.97 Å². The van der Waals surface area contributed by atoms with Crippen molar-refractivity contribution in [3.05, 3.63) is 42.5 Å². The average Bonchev–Trinajstić information content (AvgIpc) is 2.75. The van der Waals surface area contributed by atoms with Crippen LogP contribution in [-0.2, 0) is 7.05 Å². The molecule has 0 spiro atoms. The predicted molar refractivity (Wildman–Crippen MR) is 70.5 cm³/mol. The smallest absolute Gasteiger partial charge is 0.142 e. The van der Waals surface area contributed by atoms with Crippen LogP contribution >= 0.6 is 0 Å². The van der Waals surface area contributed by atoms with E-state index in [-0.39, 0.29) is 5.82 Å². The van der Waals surface area contributed by atoms with Gasteiger partial charge in [0.1, 0.15) is 17.4 Å². The molecular formula is C14H12FN3O. The summed E-state index contributed by atoms with van der Waals surface area (Å²) in [6.45, 7) is 0. The van der Waals surface area contributed by atoms with Crippen LogP contribution < -0.4 is 4.74 Å². The Morgan fingerprint density at radius 1 is 1.21 bits per heavy atom. The number of ether oxygens (including phenoxy) is 1. The topological polar surface area (TPSA) is 39.9 Å². The summed E-state index contributed by atoms with van der Waals surface area (Å²) < 4.78 is 20.3. The van der Waals surface area contributed by atoms with Gasteiger partial charge in [-0.05, 0) is 18.2 Å². The molecule has 1 aromatic carbocycles. The Balaban J connectivity index is 2.22. The molecule has 19 heavy (non-hydrogen) atoms. The Morgan fingerprint density at radius 3 is 2.79 bits per heavy atom. The van der Waals surface area contributed by atoms with Crippen molar-refractivity contribution in [3.63, 3.8) is 0 Å². The highest BCUT2D eigenvalue weighted by molar-refractivity contribution is 5.81. The highest BCUT2D eigenvalue weighted by Crippen LogP contribution is 2.26. The summed E-state index contributed by atoms with van der Waals surface area (Å²) in [5, 5.41) is 0. The molecule has 5 heteroatoms. The molecule has 0 atom stereocenters. The molecule has 0 radical (unpaired) electrons. The quantitative estimate of drug-likeness (QED) is 0.708. The Morgan fingerprint density at radius 2 is 2.05 bits per heavy atom. The van der Waals surface area contributed by atoms with E-state index < -0.39 is 0 Å². The van der Waals surface area contributed by atoms with Crippen LogP contribution in [0.5, 0.6) is 5.75 Å². The third-order valence-corrected chi connectivity index (χ3v) is 3.05. The Hall–Kier alpha value is -2.43. The minimum Gasteiger partial charge on any atom is -0.497 e. The lowest BCUT2D eigenvalue weighted by Gasteiger charge is -2.02. The van der Waals surface area contributed by atoms with Crippen LogP contribution in [0.25, 0.3) is 22.4 Å².